The summed E-state index contributed by atoms with van der Waals surface area (Å²) in [6.07, 6.45) is 6.02. The van der Waals surface area contributed by atoms with Gasteiger partial charge in [0.05, 0.1) is 30.4 Å². The largest absolute Gasteiger partial charge is 0.337 e. The lowest BCUT2D eigenvalue weighted by atomic mass is 9.97. The lowest BCUT2D eigenvalue weighted by molar-refractivity contribution is -0.133. The van der Waals surface area contributed by atoms with Gasteiger partial charge in [0.2, 0.25) is 5.91 Å². The molecule has 0 saturated carbocycles. The highest BCUT2D eigenvalue weighted by Gasteiger charge is 2.34. The number of rotatable bonds is 4. The normalized spacial score (nSPS) is 19.0. The molecule has 3 heterocycles. The second kappa shape index (κ2) is 6.42. The maximum absolute atomic E-state index is 13.1. The molecule has 1 aliphatic rings. The number of nitrogens with zero attached hydrogens (tertiary/aromatic N) is 5. The van der Waals surface area contributed by atoms with Crippen LogP contribution in [0.3, 0.4) is 0 Å². The monoisotopic (exact) mass is 329 g/mol. The van der Waals surface area contributed by atoms with Crippen molar-refractivity contribution in [3.63, 3.8) is 0 Å². The highest BCUT2D eigenvalue weighted by atomic mass is 16.2. The molecule has 6 nitrogen and oxygen atoms in total. The molecule has 1 amide bonds. The van der Waals surface area contributed by atoms with E-state index in [-0.39, 0.29) is 17.9 Å². The van der Waals surface area contributed by atoms with Gasteiger partial charge in [-0.15, -0.1) is 0 Å². The van der Waals surface area contributed by atoms with Crippen LogP contribution in [0.25, 0.3) is 0 Å². The SMILES string of the molecule is Cc1cnn(CC2CCCN2C(=O)C(C)c2c(C)nn(C)c2C)c1. The molecule has 130 valence electrons. The van der Waals surface area contributed by atoms with Crippen LogP contribution < -0.4 is 0 Å². The molecule has 0 spiro atoms. The molecular weight excluding hydrogens is 302 g/mol. The summed E-state index contributed by atoms with van der Waals surface area (Å²) in [6, 6.07) is 0.233. The van der Waals surface area contributed by atoms with Gasteiger partial charge in [-0.1, -0.05) is 0 Å². The zero-order chi connectivity index (χ0) is 17.4. The van der Waals surface area contributed by atoms with Crippen LogP contribution in [0.15, 0.2) is 12.4 Å². The Hall–Kier alpha value is -2.11. The first-order valence-electron chi connectivity index (χ1n) is 8.68. The number of likely N-dealkylation sites (tertiary alicyclic amines) is 1. The standard InChI is InChI=1S/C18H27N5O/c1-12-9-19-22(10-12)11-16-7-6-8-23(16)18(24)13(2)17-14(3)20-21(5)15(17)4/h9-10,13,16H,6-8,11H2,1-5H3. The number of carbonyl (C=O) groups excluding carboxylic acids is 1. The maximum Gasteiger partial charge on any atom is 0.230 e. The third-order valence-electron chi connectivity index (χ3n) is 5.19. The first-order valence-corrected chi connectivity index (χ1v) is 8.68. The van der Waals surface area contributed by atoms with Gasteiger partial charge >= 0.3 is 0 Å². The van der Waals surface area contributed by atoms with Crippen LogP contribution in [0.4, 0.5) is 0 Å². The number of amides is 1. The van der Waals surface area contributed by atoms with Crippen molar-refractivity contribution in [2.45, 2.75) is 59.0 Å². The summed E-state index contributed by atoms with van der Waals surface area (Å²) in [6.45, 7) is 9.68. The van der Waals surface area contributed by atoms with E-state index in [9.17, 15) is 4.79 Å². The van der Waals surface area contributed by atoms with Crippen molar-refractivity contribution >= 4 is 5.91 Å². The van der Waals surface area contributed by atoms with E-state index in [1.807, 2.05) is 61.4 Å². The fourth-order valence-corrected chi connectivity index (χ4v) is 3.89. The second-order valence-corrected chi connectivity index (χ2v) is 7.00. The summed E-state index contributed by atoms with van der Waals surface area (Å²) in [7, 11) is 1.93. The lowest BCUT2D eigenvalue weighted by Gasteiger charge is -2.28. The Morgan fingerprint density at radius 1 is 1.38 bits per heavy atom. The first-order chi connectivity index (χ1) is 11.4. The predicted octanol–water partition coefficient (Wildman–Crippen LogP) is 2.34. The molecular formula is C18H27N5O. The highest BCUT2D eigenvalue weighted by molar-refractivity contribution is 5.84. The molecule has 24 heavy (non-hydrogen) atoms. The van der Waals surface area contributed by atoms with Crippen LogP contribution in [0.5, 0.6) is 0 Å². The van der Waals surface area contributed by atoms with Crippen molar-refractivity contribution in [3.8, 4) is 0 Å². The van der Waals surface area contributed by atoms with Crippen LogP contribution in [-0.2, 0) is 18.4 Å². The predicted molar refractivity (Wildman–Crippen MR) is 92.8 cm³/mol. The van der Waals surface area contributed by atoms with E-state index in [0.717, 1.165) is 48.4 Å². The molecule has 2 unspecified atom stereocenters. The molecule has 0 N–H and O–H groups in total. The van der Waals surface area contributed by atoms with Crippen molar-refractivity contribution in [2.75, 3.05) is 6.54 Å². The van der Waals surface area contributed by atoms with Gasteiger partial charge in [-0.3, -0.25) is 14.2 Å². The summed E-state index contributed by atoms with van der Waals surface area (Å²) < 4.78 is 3.82. The van der Waals surface area contributed by atoms with E-state index in [0.29, 0.717) is 0 Å². The number of aromatic nitrogens is 4. The third kappa shape index (κ3) is 2.97. The Kier molecular flexibility index (Phi) is 4.47. The number of hydrogen-bond acceptors (Lipinski definition) is 3. The minimum absolute atomic E-state index is 0.154. The van der Waals surface area contributed by atoms with Gasteiger partial charge in [-0.2, -0.15) is 10.2 Å². The minimum atomic E-state index is -0.154. The average Bonchev–Trinajstić information content (AvgIpc) is 3.21. The fraction of sp³-hybridized carbons (Fsp3) is 0.611. The molecule has 3 rings (SSSR count). The minimum Gasteiger partial charge on any atom is -0.337 e. The topological polar surface area (TPSA) is 56.0 Å². The summed E-state index contributed by atoms with van der Waals surface area (Å²) in [5.41, 5.74) is 4.25. The van der Waals surface area contributed by atoms with E-state index >= 15 is 0 Å². The molecule has 2 aromatic rings. The quantitative estimate of drug-likeness (QED) is 0.865. The summed E-state index contributed by atoms with van der Waals surface area (Å²) >= 11 is 0. The third-order valence-corrected chi connectivity index (χ3v) is 5.19. The molecule has 2 aromatic heterocycles. The zero-order valence-corrected chi connectivity index (χ0v) is 15.3. The first kappa shape index (κ1) is 16.7. The average molecular weight is 329 g/mol. The number of hydrogen-bond donors (Lipinski definition) is 0. The molecule has 1 aliphatic heterocycles. The Morgan fingerprint density at radius 3 is 2.71 bits per heavy atom. The van der Waals surface area contributed by atoms with Gasteiger partial charge < -0.3 is 4.90 Å². The van der Waals surface area contributed by atoms with Crippen molar-refractivity contribution in [2.24, 2.45) is 7.05 Å². The van der Waals surface area contributed by atoms with Crippen molar-refractivity contribution in [1.29, 1.82) is 0 Å². The van der Waals surface area contributed by atoms with Crippen LogP contribution in [0.2, 0.25) is 0 Å². The lowest BCUT2D eigenvalue weighted by Crippen LogP contribution is -2.40. The smallest absolute Gasteiger partial charge is 0.230 e. The molecule has 1 fully saturated rings. The van der Waals surface area contributed by atoms with Crippen molar-refractivity contribution < 1.29 is 4.79 Å². The molecule has 6 heteroatoms. The Bertz CT molecular complexity index is 745. The second-order valence-electron chi connectivity index (χ2n) is 7.00. The fourth-order valence-electron chi connectivity index (χ4n) is 3.89. The number of aryl methyl sites for hydroxylation is 3. The Morgan fingerprint density at radius 2 is 2.12 bits per heavy atom. The molecule has 2 atom stereocenters. The molecule has 1 saturated heterocycles. The van der Waals surface area contributed by atoms with Gasteiger partial charge in [0, 0.05) is 31.0 Å². The Labute approximate surface area is 143 Å². The zero-order valence-electron chi connectivity index (χ0n) is 15.3. The van der Waals surface area contributed by atoms with Crippen molar-refractivity contribution in [1.82, 2.24) is 24.5 Å². The van der Waals surface area contributed by atoms with Crippen LogP contribution in [0, 0.1) is 20.8 Å². The van der Waals surface area contributed by atoms with E-state index < -0.39 is 0 Å². The van der Waals surface area contributed by atoms with Gasteiger partial charge in [-0.05, 0) is 46.1 Å². The van der Waals surface area contributed by atoms with Crippen LogP contribution >= 0.6 is 0 Å². The van der Waals surface area contributed by atoms with Crippen LogP contribution in [0.1, 0.15) is 48.2 Å². The molecule has 0 bridgehead atoms. The van der Waals surface area contributed by atoms with E-state index in [2.05, 4.69) is 10.2 Å². The van der Waals surface area contributed by atoms with Gasteiger partial charge in [0.1, 0.15) is 0 Å². The number of carbonyl (C=O) groups is 1. The summed E-state index contributed by atoms with van der Waals surface area (Å²) in [5.74, 6) is 0.0548. The molecule has 0 aromatic carbocycles. The van der Waals surface area contributed by atoms with E-state index in [1.165, 1.54) is 0 Å². The maximum atomic E-state index is 13.1. The summed E-state index contributed by atoms with van der Waals surface area (Å²) in [5, 5.41) is 8.84. The van der Waals surface area contributed by atoms with Gasteiger partial charge in [-0.25, -0.2) is 0 Å². The van der Waals surface area contributed by atoms with E-state index in [4.69, 9.17) is 0 Å². The summed E-state index contributed by atoms with van der Waals surface area (Å²) in [4.78, 5) is 15.2. The Balaban J connectivity index is 1.77. The van der Waals surface area contributed by atoms with Gasteiger partial charge in [0.15, 0.2) is 0 Å². The van der Waals surface area contributed by atoms with Crippen LogP contribution in [-0.4, -0.2) is 43.0 Å². The van der Waals surface area contributed by atoms with E-state index in [1.54, 1.807) is 0 Å². The highest BCUT2D eigenvalue weighted by Crippen LogP contribution is 2.28. The van der Waals surface area contributed by atoms with Crippen molar-refractivity contribution in [3.05, 3.63) is 34.9 Å². The molecule has 0 aliphatic carbocycles. The molecule has 0 radical (unpaired) electrons. The van der Waals surface area contributed by atoms with Gasteiger partial charge in [0.25, 0.3) is 0 Å².